The Morgan fingerprint density at radius 2 is 1.77 bits per heavy atom. The summed E-state index contributed by atoms with van der Waals surface area (Å²) in [5.41, 5.74) is 2.28. The largest absolute Gasteiger partial charge is 0.355 e. The summed E-state index contributed by atoms with van der Waals surface area (Å²) in [4.78, 5) is 26.7. The summed E-state index contributed by atoms with van der Waals surface area (Å²) in [5.74, 6) is -2.41. The molecule has 31 heavy (non-hydrogen) atoms. The average molecular weight is 427 g/mol. The van der Waals surface area contributed by atoms with Crippen LogP contribution in [-0.2, 0) is 9.59 Å². The number of fused-ring (bicyclic) bond motifs is 1. The number of H-pyrrole nitrogens is 1. The molecule has 5 nitrogen and oxygen atoms in total. The van der Waals surface area contributed by atoms with Crippen LogP contribution in [0.4, 0.5) is 13.2 Å². The van der Waals surface area contributed by atoms with Gasteiger partial charge in [0.05, 0.1) is 17.1 Å². The third kappa shape index (κ3) is 3.56. The number of rotatable bonds is 4. The summed E-state index contributed by atoms with van der Waals surface area (Å²) in [6.07, 6.45) is 1.41. The van der Waals surface area contributed by atoms with E-state index in [9.17, 15) is 22.8 Å². The molecule has 1 aliphatic carbocycles. The number of aromatic nitrogens is 1. The van der Waals surface area contributed by atoms with Gasteiger partial charge in [0.1, 0.15) is 17.5 Å². The van der Waals surface area contributed by atoms with Gasteiger partial charge >= 0.3 is 0 Å². The second kappa shape index (κ2) is 7.44. The molecule has 1 atom stereocenters. The van der Waals surface area contributed by atoms with Crippen LogP contribution in [-0.4, -0.2) is 29.4 Å². The lowest BCUT2D eigenvalue weighted by Crippen LogP contribution is -2.46. The molecule has 0 radical (unpaired) electrons. The first-order chi connectivity index (χ1) is 14.9. The molecule has 5 rings (SSSR count). The highest BCUT2D eigenvalue weighted by Gasteiger charge is 2.37. The van der Waals surface area contributed by atoms with Crippen molar-refractivity contribution in [3.63, 3.8) is 0 Å². The summed E-state index contributed by atoms with van der Waals surface area (Å²) in [5, 5.41) is 6.07. The van der Waals surface area contributed by atoms with E-state index < -0.39 is 11.6 Å². The van der Waals surface area contributed by atoms with Crippen molar-refractivity contribution in [3.05, 3.63) is 59.4 Å². The van der Waals surface area contributed by atoms with E-state index in [4.69, 9.17) is 0 Å². The molecule has 1 saturated heterocycles. The minimum atomic E-state index is -0.688. The van der Waals surface area contributed by atoms with Crippen LogP contribution in [0.1, 0.15) is 30.7 Å². The quantitative estimate of drug-likeness (QED) is 0.593. The molecule has 1 aliphatic heterocycles. The SMILES string of the molecule is O=C1CC(C(=O)NC2CC(c3c(-c4ccc(F)cc4)[nH]c4c(F)cc(F)cc34)C2)CN1. The van der Waals surface area contributed by atoms with Crippen molar-refractivity contribution in [2.75, 3.05) is 6.54 Å². The molecule has 1 saturated carbocycles. The van der Waals surface area contributed by atoms with Gasteiger partial charge in [-0.05, 0) is 60.2 Å². The molecular formula is C23H20F3N3O2. The summed E-state index contributed by atoms with van der Waals surface area (Å²) in [6.45, 7) is 0.344. The summed E-state index contributed by atoms with van der Waals surface area (Å²) in [7, 11) is 0. The van der Waals surface area contributed by atoms with Crippen LogP contribution in [0.2, 0.25) is 0 Å². The van der Waals surface area contributed by atoms with E-state index in [1.165, 1.54) is 18.2 Å². The second-order valence-electron chi connectivity index (χ2n) is 8.31. The van der Waals surface area contributed by atoms with Crippen molar-refractivity contribution in [1.29, 1.82) is 0 Å². The zero-order valence-corrected chi connectivity index (χ0v) is 16.5. The number of hydrogen-bond donors (Lipinski definition) is 3. The fourth-order valence-electron chi connectivity index (χ4n) is 4.59. The van der Waals surface area contributed by atoms with E-state index >= 15 is 0 Å². The highest BCUT2D eigenvalue weighted by molar-refractivity contribution is 5.92. The fraction of sp³-hybridized carbons (Fsp3) is 0.304. The van der Waals surface area contributed by atoms with Crippen LogP contribution < -0.4 is 10.6 Å². The normalized spacial score (nSPS) is 22.9. The van der Waals surface area contributed by atoms with Crippen LogP contribution in [0, 0.1) is 23.4 Å². The number of benzene rings is 2. The van der Waals surface area contributed by atoms with E-state index in [1.807, 2.05) is 0 Å². The summed E-state index contributed by atoms with van der Waals surface area (Å²) in [6, 6.07) is 7.90. The predicted molar refractivity (Wildman–Crippen MR) is 109 cm³/mol. The lowest BCUT2D eigenvalue weighted by atomic mass is 9.74. The van der Waals surface area contributed by atoms with Gasteiger partial charge in [-0.1, -0.05) is 0 Å². The molecule has 160 valence electrons. The number of carbonyl (C=O) groups excluding carboxylic acids is 2. The average Bonchev–Trinajstić information content (AvgIpc) is 3.29. The maximum absolute atomic E-state index is 14.4. The van der Waals surface area contributed by atoms with Gasteiger partial charge in [-0.25, -0.2) is 13.2 Å². The van der Waals surface area contributed by atoms with E-state index in [-0.39, 0.29) is 47.4 Å². The molecule has 2 aromatic carbocycles. The maximum Gasteiger partial charge on any atom is 0.225 e. The number of amides is 2. The van der Waals surface area contributed by atoms with Crippen molar-refractivity contribution in [1.82, 2.24) is 15.6 Å². The van der Waals surface area contributed by atoms with Gasteiger partial charge in [-0.3, -0.25) is 9.59 Å². The monoisotopic (exact) mass is 427 g/mol. The molecule has 3 N–H and O–H groups in total. The van der Waals surface area contributed by atoms with Crippen LogP contribution in [0.3, 0.4) is 0 Å². The van der Waals surface area contributed by atoms with E-state index in [2.05, 4.69) is 15.6 Å². The van der Waals surface area contributed by atoms with Gasteiger partial charge in [0, 0.05) is 30.5 Å². The van der Waals surface area contributed by atoms with Gasteiger partial charge in [0.15, 0.2) is 0 Å². The van der Waals surface area contributed by atoms with Gasteiger partial charge < -0.3 is 15.6 Å². The van der Waals surface area contributed by atoms with Gasteiger partial charge in [0.2, 0.25) is 11.8 Å². The molecule has 0 bridgehead atoms. The number of carbonyl (C=O) groups is 2. The van der Waals surface area contributed by atoms with Crippen molar-refractivity contribution in [2.45, 2.75) is 31.2 Å². The molecule has 3 aromatic rings. The first-order valence-electron chi connectivity index (χ1n) is 10.2. The Morgan fingerprint density at radius 1 is 1.03 bits per heavy atom. The first kappa shape index (κ1) is 19.7. The summed E-state index contributed by atoms with van der Waals surface area (Å²) < 4.78 is 41.8. The second-order valence-corrected chi connectivity index (χ2v) is 8.31. The molecule has 2 fully saturated rings. The van der Waals surface area contributed by atoms with Crippen molar-refractivity contribution in [2.24, 2.45) is 5.92 Å². The first-order valence-corrected chi connectivity index (χ1v) is 10.2. The Bertz CT molecular complexity index is 1180. The van der Waals surface area contributed by atoms with Crippen molar-refractivity contribution < 1.29 is 22.8 Å². The molecule has 8 heteroatoms. The molecule has 1 aromatic heterocycles. The van der Waals surface area contributed by atoms with Gasteiger partial charge in [0.25, 0.3) is 0 Å². The number of hydrogen-bond acceptors (Lipinski definition) is 2. The molecule has 2 amide bonds. The van der Waals surface area contributed by atoms with Crippen molar-refractivity contribution in [3.8, 4) is 11.3 Å². The molecular weight excluding hydrogens is 407 g/mol. The Hall–Kier alpha value is -3.29. The zero-order chi connectivity index (χ0) is 21.7. The van der Waals surface area contributed by atoms with Gasteiger partial charge in [-0.2, -0.15) is 0 Å². The van der Waals surface area contributed by atoms with Crippen LogP contribution in [0.15, 0.2) is 36.4 Å². The smallest absolute Gasteiger partial charge is 0.225 e. The maximum atomic E-state index is 14.4. The Balaban J connectivity index is 1.43. The highest BCUT2D eigenvalue weighted by Crippen LogP contribution is 2.45. The lowest BCUT2D eigenvalue weighted by molar-refractivity contribution is -0.127. The number of nitrogens with one attached hydrogen (secondary N) is 3. The number of halogens is 3. The topological polar surface area (TPSA) is 74.0 Å². The minimum absolute atomic E-state index is 0.0244. The standard InChI is InChI=1S/C23H20F3N3O2/c24-14-3-1-11(2-4-14)21-20(17-8-15(25)9-18(26)22(17)29-21)12-5-16(6-12)28-23(31)13-7-19(30)27-10-13/h1-4,8-9,12-13,16,29H,5-7,10H2,(H,27,30)(H,28,31). The third-order valence-corrected chi connectivity index (χ3v) is 6.24. The fourth-order valence-corrected chi connectivity index (χ4v) is 4.59. The highest BCUT2D eigenvalue weighted by atomic mass is 19.1. The molecule has 2 aliphatic rings. The molecule has 2 heterocycles. The lowest BCUT2D eigenvalue weighted by Gasteiger charge is -2.37. The predicted octanol–water partition coefficient (Wildman–Crippen LogP) is 3.75. The minimum Gasteiger partial charge on any atom is -0.355 e. The van der Waals surface area contributed by atoms with Crippen LogP contribution in [0.5, 0.6) is 0 Å². The van der Waals surface area contributed by atoms with Crippen LogP contribution >= 0.6 is 0 Å². The van der Waals surface area contributed by atoms with E-state index in [0.717, 1.165) is 11.6 Å². The van der Waals surface area contributed by atoms with Crippen molar-refractivity contribution >= 4 is 22.7 Å². The van der Waals surface area contributed by atoms with E-state index in [0.29, 0.717) is 36.0 Å². The van der Waals surface area contributed by atoms with Crippen LogP contribution in [0.25, 0.3) is 22.2 Å². The molecule has 1 unspecified atom stereocenters. The Kier molecular flexibility index (Phi) is 4.72. The zero-order valence-electron chi connectivity index (χ0n) is 16.5. The number of aromatic amines is 1. The third-order valence-electron chi connectivity index (χ3n) is 6.24. The molecule has 0 spiro atoms. The van der Waals surface area contributed by atoms with E-state index in [1.54, 1.807) is 12.1 Å². The summed E-state index contributed by atoms with van der Waals surface area (Å²) >= 11 is 0. The van der Waals surface area contributed by atoms with Gasteiger partial charge in [-0.15, -0.1) is 0 Å². The Labute approximate surface area is 176 Å². The Morgan fingerprint density at radius 3 is 2.45 bits per heavy atom.